The van der Waals surface area contributed by atoms with Crippen LogP contribution in [-0.4, -0.2) is 61.6 Å². The van der Waals surface area contributed by atoms with E-state index in [0.717, 1.165) is 32.0 Å². The maximum atomic E-state index is 12.4. The number of nitrogens with zero attached hydrogens (tertiary/aromatic N) is 3. The first-order chi connectivity index (χ1) is 12.7. The number of pyridine rings is 1. The summed E-state index contributed by atoms with van der Waals surface area (Å²) in [5.41, 5.74) is 0.819. The topological polar surface area (TPSA) is 74.8 Å². The first-order valence-corrected chi connectivity index (χ1v) is 8.53. The smallest absolute Gasteiger partial charge is 0.339 e. The van der Waals surface area contributed by atoms with E-state index >= 15 is 0 Å². The number of hydrogen-bond donors (Lipinski definition) is 1. The van der Waals surface area contributed by atoms with E-state index in [-0.39, 0.29) is 12.5 Å². The normalized spacial score (nSPS) is 14.7. The van der Waals surface area contributed by atoms with E-state index in [1.54, 1.807) is 30.5 Å². The van der Waals surface area contributed by atoms with Gasteiger partial charge in [-0.25, -0.2) is 9.78 Å². The van der Waals surface area contributed by atoms with Gasteiger partial charge in [-0.3, -0.25) is 9.69 Å². The predicted octanol–water partition coefficient (Wildman–Crippen LogP) is 1.63. The standard InChI is InChI=1S/C19H22N4O3/c1-26-19(25)15-6-2-3-7-16(15)21-18(24)14-22-10-12-23(13-11-22)17-8-4-5-9-20-17/h2-9H,10-14H2,1H3,(H,21,24). The Bertz CT molecular complexity index is 758. The number of para-hydroxylation sites is 1. The monoisotopic (exact) mass is 354 g/mol. The van der Waals surface area contributed by atoms with Crippen LogP contribution in [0.25, 0.3) is 0 Å². The number of carbonyl (C=O) groups excluding carboxylic acids is 2. The molecule has 0 saturated carbocycles. The number of nitrogens with one attached hydrogen (secondary N) is 1. The average Bonchev–Trinajstić information content (AvgIpc) is 2.69. The third-order valence-electron chi connectivity index (χ3n) is 4.32. The van der Waals surface area contributed by atoms with Crippen molar-refractivity contribution in [3.05, 3.63) is 54.2 Å². The molecule has 1 aromatic heterocycles. The fourth-order valence-electron chi connectivity index (χ4n) is 2.95. The molecule has 2 aromatic rings. The molecule has 1 amide bonds. The number of anilines is 2. The molecule has 7 heteroatoms. The number of esters is 1. The van der Waals surface area contributed by atoms with Crippen molar-refractivity contribution in [1.29, 1.82) is 0 Å². The van der Waals surface area contributed by atoms with Crippen LogP contribution in [0.3, 0.4) is 0 Å². The fourth-order valence-corrected chi connectivity index (χ4v) is 2.95. The van der Waals surface area contributed by atoms with Gasteiger partial charge in [0, 0.05) is 32.4 Å². The molecule has 2 heterocycles. The molecule has 0 radical (unpaired) electrons. The van der Waals surface area contributed by atoms with Crippen LogP contribution >= 0.6 is 0 Å². The molecule has 0 unspecified atom stereocenters. The zero-order valence-electron chi connectivity index (χ0n) is 14.7. The fraction of sp³-hybridized carbons (Fsp3) is 0.316. The molecule has 26 heavy (non-hydrogen) atoms. The quantitative estimate of drug-likeness (QED) is 0.823. The van der Waals surface area contributed by atoms with Crippen LogP contribution in [0.1, 0.15) is 10.4 Å². The molecule has 0 spiro atoms. The Morgan fingerprint density at radius 1 is 1.08 bits per heavy atom. The van der Waals surface area contributed by atoms with E-state index in [0.29, 0.717) is 11.3 Å². The lowest BCUT2D eigenvalue weighted by Gasteiger charge is -2.34. The van der Waals surface area contributed by atoms with Gasteiger partial charge in [-0.05, 0) is 24.3 Å². The van der Waals surface area contributed by atoms with Crippen molar-refractivity contribution in [1.82, 2.24) is 9.88 Å². The van der Waals surface area contributed by atoms with Gasteiger partial charge in [0.2, 0.25) is 5.91 Å². The summed E-state index contributed by atoms with van der Waals surface area (Å²) < 4.78 is 4.75. The second-order valence-corrected chi connectivity index (χ2v) is 6.04. The molecule has 0 bridgehead atoms. The van der Waals surface area contributed by atoms with E-state index in [9.17, 15) is 9.59 Å². The van der Waals surface area contributed by atoms with Gasteiger partial charge < -0.3 is 15.0 Å². The zero-order chi connectivity index (χ0) is 18.4. The number of rotatable bonds is 5. The Morgan fingerprint density at radius 3 is 2.50 bits per heavy atom. The van der Waals surface area contributed by atoms with Crippen molar-refractivity contribution < 1.29 is 14.3 Å². The van der Waals surface area contributed by atoms with Crippen molar-refractivity contribution in [3.8, 4) is 0 Å². The number of piperazine rings is 1. The number of ether oxygens (including phenoxy) is 1. The van der Waals surface area contributed by atoms with Crippen LogP contribution in [0, 0.1) is 0 Å². The molecule has 1 aliphatic heterocycles. The minimum Gasteiger partial charge on any atom is -0.465 e. The van der Waals surface area contributed by atoms with Crippen LogP contribution in [0.4, 0.5) is 11.5 Å². The van der Waals surface area contributed by atoms with Gasteiger partial charge in [0.25, 0.3) is 0 Å². The Kier molecular flexibility index (Phi) is 5.80. The minimum atomic E-state index is -0.468. The maximum Gasteiger partial charge on any atom is 0.339 e. The molecule has 0 aliphatic carbocycles. The summed E-state index contributed by atoms with van der Waals surface area (Å²) >= 11 is 0. The summed E-state index contributed by atoms with van der Waals surface area (Å²) in [6.07, 6.45) is 1.79. The third-order valence-corrected chi connectivity index (χ3v) is 4.32. The highest BCUT2D eigenvalue weighted by molar-refractivity contribution is 6.01. The second kappa shape index (κ2) is 8.44. The minimum absolute atomic E-state index is 0.146. The molecule has 1 aliphatic rings. The van der Waals surface area contributed by atoms with Gasteiger partial charge in [-0.2, -0.15) is 0 Å². The van der Waals surface area contributed by atoms with E-state index in [2.05, 4.69) is 20.1 Å². The number of aromatic nitrogens is 1. The van der Waals surface area contributed by atoms with E-state index < -0.39 is 5.97 Å². The van der Waals surface area contributed by atoms with Gasteiger partial charge in [0.1, 0.15) is 5.82 Å². The van der Waals surface area contributed by atoms with E-state index in [1.165, 1.54) is 7.11 Å². The first-order valence-electron chi connectivity index (χ1n) is 8.53. The van der Waals surface area contributed by atoms with Crippen LogP contribution in [0.15, 0.2) is 48.7 Å². The lowest BCUT2D eigenvalue weighted by molar-refractivity contribution is -0.117. The molecule has 1 aromatic carbocycles. The number of methoxy groups -OCH3 is 1. The Balaban J connectivity index is 1.53. The summed E-state index contributed by atoms with van der Waals surface area (Å²) in [5, 5.41) is 2.81. The van der Waals surface area contributed by atoms with E-state index in [4.69, 9.17) is 4.74 Å². The van der Waals surface area contributed by atoms with Crippen molar-refractivity contribution in [2.24, 2.45) is 0 Å². The van der Waals surface area contributed by atoms with E-state index in [1.807, 2.05) is 18.2 Å². The van der Waals surface area contributed by atoms with Crippen LogP contribution in [0.5, 0.6) is 0 Å². The van der Waals surface area contributed by atoms with Crippen molar-refractivity contribution in [3.63, 3.8) is 0 Å². The summed E-state index contributed by atoms with van der Waals surface area (Å²) in [6, 6.07) is 12.7. The molecular formula is C19H22N4O3. The molecule has 1 saturated heterocycles. The summed E-state index contributed by atoms with van der Waals surface area (Å²) in [6.45, 7) is 3.49. The average molecular weight is 354 g/mol. The molecule has 1 N–H and O–H groups in total. The number of carbonyl (C=O) groups is 2. The first kappa shape index (κ1) is 17.9. The predicted molar refractivity (Wildman–Crippen MR) is 99.3 cm³/mol. The molecule has 7 nitrogen and oxygen atoms in total. The highest BCUT2D eigenvalue weighted by Gasteiger charge is 2.20. The SMILES string of the molecule is COC(=O)c1ccccc1NC(=O)CN1CCN(c2ccccn2)CC1. The third kappa shape index (κ3) is 4.37. The summed E-state index contributed by atoms with van der Waals surface area (Å²) in [5.74, 6) is 0.348. The molecule has 1 fully saturated rings. The molecule has 3 rings (SSSR count). The Hall–Kier alpha value is -2.93. The zero-order valence-corrected chi connectivity index (χ0v) is 14.7. The van der Waals surface area contributed by atoms with Crippen LogP contribution in [-0.2, 0) is 9.53 Å². The number of hydrogen-bond acceptors (Lipinski definition) is 6. The van der Waals surface area contributed by atoms with Crippen molar-refractivity contribution in [2.75, 3.05) is 50.1 Å². The van der Waals surface area contributed by atoms with Gasteiger partial charge >= 0.3 is 5.97 Å². The highest BCUT2D eigenvalue weighted by atomic mass is 16.5. The number of benzene rings is 1. The lowest BCUT2D eigenvalue weighted by Crippen LogP contribution is -2.49. The maximum absolute atomic E-state index is 12.4. The number of amides is 1. The lowest BCUT2D eigenvalue weighted by atomic mass is 10.2. The largest absolute Gasteiger partial charge is 0.465 e. The molecule has 0 atom stereocenters. The van der Waals surface area contributed by atoms with Crippen molar-refractivity contribution >= 4 is 23.4 Å². The molecule has 136 valence electrons. The highest BCUT2D eigenvalue weighted by Crippen LogP contribution is 2.16. The van der Waals surface area contributed by atoms with Crippen molar-refractivity contribution in [2.45, 2.75) is 0 Å². The Labute approximate surface area is 152 Å². The van der Waals surface area contributed by atoms with Gasteiger partial charge in [0.15, 0.2) is 0 Å². The second-order valence-electron chi connectivity index (χ2n) is 6.04. The van der Waals surface area contributed by atoms with Gasteiger partial charge in [-0.15, -0.1) is 0 Å². The van der Waals surface area contributed by atoms with Gasteiger partial charge in [0.05, 0.1) is 24.9 Å². The van der Waals surface area contributed by atoms with Crippen LogP contribution in [0.2, 0.25) is 0 Å². The summed E-state index contributed by atoms with van der Waals surface area (Å²) in [7, 11) is 1.32. The summed E-state index contributed by atoms with van der Waals surface area (Å²) in [4.78, 5) is 32.8. The Morgan fingerprint density at radius 2 is 1.81 bits per heavy atom. The van der Waals surface area contributed by atoms with Gasteiger partial charge in [-0.1, -0.05) is 18.2 Å². The molecular weight excluding hydrogens is 332 g/mol. The van der Waals surface area contributed by atoms with Crippen LogP contribution < -0.4 is 10.2 Å².